The van der Waals surface area contributed by atoms with Crippen LogP contribution in [-0.4, -0.2) is 18.4 Å². The van der Waals surface area contributed by atoms with Crippen molar-refractivity contribution in [2.24, 2.45) is 0 Å². The monoisotopic (exact) mass is 636 g/mol. The summed E-state index contributed by atoms with van der Waals surface area (Å²) >= 11 is 0. The van der Waals surface area contributed by atoms with Crippen molar-refractivity contribution in [3.63, 3.8) is 0 Å². The summed E-state index contributed by atoms with van der Waals surface area (Å²) in [6.45, 7) is 0. The van der Waals surface area contributed by atoms with E-state index in [2.05, 4.69) is 30.3 Å². The largest absolute Gasteiger partial charge is 0.456 e. The summed E-state index contributed by atoms with van der Waals surface area (Å²) < 4.78 is 34.4. The van der Waals surface area contributed by atoms with Crippen LogP contribution in [0.1, 0.15) is 0 Å². The van der Waals surface area contributed by atoms with E-state index in [0.717, 1.165) is 66.0 Å². The lowest BCUT2D eigenvalue weighted by Crippen LogP contribution is -1.99. The molecule has 48 heavy (non-hydrogen) atoms. The zero-order chi connectivity index (χ0) is 32.0. The number of nitrogens with zero attached hydrogens (tertiary/aromatic N) is 2. The first-order valence-electron chi connectivity index (χ1n) is 15.7. The number of hydrogen-bond acceptors (Lipinski definition) is 5. The molecule has 1 aliphatic heterocycles. The van der Waals surface area contributed by atoms with Crippen LogP contribution in [-0.2, 0) is 9.84 Å². The van der Waals surface area contributed by atoms with Gasteiger partial charge in [-0.25, -0.2) is 18.4 Å². The van der Waals surface area contributed by atoms with E-state index in [1.54, 1.807) is 12.1 Å². The second-order valence-electron chi connectivity index (χ2n) is 12.2. The van der Waals surface area contributed by atoms with E-state index in [0.29, 0.717) is 27.4 Å². The van der Waals surface area contributed by atoms with Crippen LogP contribution >= 0.6 is 0 Å². The Bertz CT molecular complexity index is 2910. The highest BCUT2D eigenvalue weighted by Gasteiger charge is 2.34. The van der Waals surface area contributed by atoms with Crippen LogP contribution < -0.4 is 0 Å². The molecule has 0 aliphatic carbocycles. The molecule has 1 aliphatic rings. The second kappa shape index (κ2) is 9.94. The van der Waals surface area contributed by atoms with Crippen molar-refractivity contribution >= 4 is 53.5 Å². The van der Waals surface area contributed by atoms with Gasteiger partial charge >= 0.3 is 0 Å². The van der Waals surface area contributed by atoms with Crippen LogP contribution in [0.25, 0.3) is 88.5 Å². The van der Waals surface area contributed by atoms with Gasteiger partial charge in [-0.15, -0.1) is 0 Å². The van der Waals surface area contributed by atoms with Crippen molar-refractivity contribution < 1.29 is 12.8 Å². The summed E-state index contributed by atoms with van der Waals surface area (Å²) in [4.78, 5) is 10.7. The zero-order valence-electron chi connectivity index (χ0n) is 25.4. The number of fused-ring (bicyclic) bond motifs is 9. The first-order chi connectivity index (χ1) is 23.5. The van der Waals surface area contributed by atoms with E-state index in [9.17, 15) is 8.42 Å². The Labute approximate surface area is 275 Å². The van der Waals surface area contributed by atoms with Crippen molar-refractivity contribution in [1.82, 2.24) is 9.97 Å². The molecular formula is C42H24N2O3S. The molecule has 6 heteroatoms. The number of furan rings is 1. The van der Waals surface area contributed by atoms with Crippen LogP contribution in [0.2, 0.25) is 0 Å². The molecule has 7 aromatic carbocycles. The minimum atomic E-state index is -3.81. The van der Waals surface area contributed by atoms with Crippen LogP contribution in [0, 0.1) is 0 Å². The second-order valence-corrected chi connectivity index (χ2v) is 14.1. The minimum absolute atomic E-state index is 0.270. The van der Waals surface area contributed by atoms with E-state index in [1.165, 1.54) is 0 Å². The molecule has 0 unspecified atom stereocenters. The average Bonchev–Trinajstić information content (AvgIpc) is 3.62. The molecule has 0 fully saturated rings. The lowest BCUT2D eigenvalue weighted by Gasteiger charge is -2.12. The standard InChI is InChI=1S/C42H24N2O3S/c45-48(46)38-23-28(27-17-21-37-35(22-27)31-12-6-7-13-36(31)47-37)15-18-32(38)33-19-16-29(24-39(33)48)42-43-40(26-9-2-1-3-10-26)34-20-14-25-8-4-5-11-30(25)41(34)44-42/h1-24H. The predicted octanol–water partition coefficient (Wildman–Crippen LogP) is 10.5. The lowest BCUT2D eigenvalue weighted by atomic mass is 9.98. The van der Waals surface area contributed by atoms with E-state index in [-0.39, 0.29) is 4.90 Å². The highest BCUT2D eigenvalue weighted by Crippen LogP contribution is 2.46. The molecule has 10 rings (SSSR count). The molecule has 0 bridgehead atoms. The third kappa shape index (κ3) is 3.93. The highest BCUT2D eigenvalue weighted by atomic mass is 32.2. The van der Waals surface area contributed by atoms with Gasteiger partial charge in [-0.2, -0.15) is 0 Å². The molecule has 226 valence electrons. The quantitative estimate of drug-likeness (QED) is 0.180. The van der Waals surface area contributed by atoms with Gasteiger partial charge in [0.25, 0.3) is 0 Å². The summed E-state index contributed by atoms with van der Waals surface area (Å²) in [5.41, 5.74) is 8.02. The van der Waals surface area contributed by atoms with E-state index >= 15 is 0 Å². The molecule has 9 aromatic rings. The number of para-hydroxylation sites is 1. The van der Waals surface area contributed by atoms with Crippen LogP contribution in [0.4, 0.5) is 0 Å². The van der Waals surface area contributed by atoms with Gasteiger partial charge in [-0.3, -0.25) is 0 Å². The summed E-state index contributed by atoms with van der Waals surface area (Å²) in [7, 11) is -3.81. The van der Waals surface area contributed by atoms with Gasteiger partial charge in [0.2, 0.25) is 9.84 Å². The number of benzene rings is 7. The van der Waals surface area contributed by atoms with E-state index < -0.39 is 9.84 Å². The van der Waals surface area contributed by atoms with Crippen molar-refractivity contribution in [2.45, 2.75) is 9.79 Å². The van der Waals surface area contributed by atoms with Crippen molar-refractivity contribution in [1.29, 1.82) is 0 Å². The number of rotatable bonds is 3. The molecule has 3 heterocycles. The first kappa shape index (κ1) is 27.0. The minimum Gasteiger partial charge on any atom is -0.456 e. The van der Waals surface area contributed by atoms with Crippen LogP contribution in [0.5, 0.6) is 0 Å². The lowest BCUT2D eigenvalue weighted by molar-refractivity contribution is 0.598. The SMILES string of the molecule is O=S1(=O)c2cc(-c3ccc4oc5ccccc5c4c3)ccc2-c2ccc(-c3nc(-c4ccccc4)c4ccc5ccccc5c4n3)cc21. The predicted molar refractivity (Wildman–Crippen MR) is 192 cm³/mol. The van der Waals surface area contributed by atoms with E-state index in [1.807, 2.05) is 103 Å². The molecule has 2 aromatic heterocycles. The van der Waals surface area contributed by atoms with Gasteiger partial charge in [0.1, 0.15) is 11.2 Å². The Kier molecular flexibility index (Phi) is 5.60. The van der Waals surface area contributed by atoms with Crippen molar-refractivity contribution in [2.75, 3.05) is 0 Å². The molecule has 0 saturated carbocycles. The molecule has 0 spiro atoms. The highest BCUT2D eigenvalue weighted by molar-refractivity contribution is 7.92. The normalized spacial score (nSPS) is 13.3. The van der Waals surface area contributed by atoms with Gasteiger partial charge in [0, 0.05) is 43.8 Å². The molecular weight excluding hydrogens is 613 g/mol. The molecule has 0 radical (unpaired) electrons. The Hall–Kier alpha value is -6.11. The topological polar surface area (TPSA) is 73.1 Å². The summed E-state index contributed by atoms with van der Waals surface area (Å²) in [5, 5.41) is 5.07. The van der Waals surface area contributed by atoms with Gasteiger partial charge in [0.05, 0.1) is 21.0 Å². The number of hydrogen-bond donors (Lipinski definition) is 0. The third-order valence-corrected chi connectivity index (χ3v) is 11.3. The van der Waals surface area contributed by atoms with Gasteiger partial charge in [-0.1, -0.05) is 109 Å². The van der Waals surface area contributed by atoms with Gasteiger partial charge in [-0.05, 0) is 52.9 Å². The maximum Gasteiger partial charge on any atom is 0.207 e. The average molecular weight is 637 g/mol. The fourth-order valence-electron chi connectivity index (χ4n) is 7.09. The fourth-order valence-corrected chi connectivity index (χ4v) is 8.82. The summed E-state index contributed by atoms with van der Waals surface area (Å²) in [6.07, 6.45) is 0. The third-order valence-electron chi connectivity index (χ3n) is 9.44. The van der Waals surface area contributed by atoms with E-state index in [4.69, 9.17) is 14.4 Å². The molecule has 5 nitrogen and oxygen atoms in total. The molecule has 0 amide bonds. The smallest absolute Gasteiger partial charge is 0.207 e. The Morgan fingerprint density at radius 1 is 0.458 bits per heavy atom. The van der Waals surface area contributed by atoms with Crippen molar-refractivity contribution in [3.05, 3.63) is 146 Å². The molecule has 0 atom stereocenters. The van der Waals surface area contributed by atoms with Gasteiger partial charge < -0.3 is 4.42 Å². The van der Waals surface area contributed by atoms with Gasteiger partial charge in [0.15, 0.2) is 5.82 Å². The number of aromatic nitrogens is 2. The molecule has 0 N–H and O–H groups in total. The summed E-state index contributed by atoms with van der Waals surface area (Å²) in [5.74, 6) is 0.480. The Balaban J connectivity index is 1.11. The van der Waals surface area contributed by atoms with Crippen LogP contribution in [0.15, 0.2) is 160 Å². The maximum atomic E-state index is 14.2. The van der Waals surface area contributed by atoms with Crippen LogP contribution in [0.3, 0.4) is 0 Å². The number of sulfone groups is 1. The maximum absolute atomic E-state index is 14.2. The van der Waals surface area contributed by atoms with Crippen molar-refractivity contribution in [3.8, 4) is 44.9 Å². The summed E-state index contributed by atoms with van der Waals surface area (Å²) in [6, 6.07) is 47.5. The zero-order valence-corrected chi connectivity index (χ0v) is 26.2. The molecule has 0 saturated heterocycles. The fraction of sp³-hybridized carbons (Fsp3) is 0. The first-order valence-corrected chi connectivity index (χ1v) is 17.2. The Morgan fingerprint density at radius 2 is 1.10 bits per heavy atom. The Morgan fingerprint density at radius 3 is 1.94 bits per heavy atom.